The van der Waals surface area contributed by atoms with Crippen molar-refractivity contribution in [1.29, 1.82) is 0 Å². The summed E-state index contributed by atoms with van der Waals surface area (Å²) in [5, 5.41) is 0. The topological polar surface area (TPSA) is 63.7 Å². The average molecular weight is 356 g/mol. The van der Waals surface area contributed by atoms with E-state index >= 15 is 0 Å². The Morgan fingerprint density at radius 3 is 1.92 bits per heavy atom. The monoisotopic (exact) mass is 355 g/mol. The summed E-state index contributed by atoms with van der Waals surface area (Å²) < 4.78 is 32.5. The quantitative estimate of drug-likeness (QED) is 0.760. The van der Waals surface area contributed by atoms with E-state index in [1.807, 2.05) is 6.92 Å². The van der Waals surface area contributed by atoms with E-state index in [2.05, 4.69) is 0 Å². The summed E-state index contributed by atoms with van der Waals surface area (Å²) in [5.41, 5.74) is -0.352. The number of benzene rings is 1. The molecule has 0 saturated heterocycles. The van der Waals surface area contributed by atoms with E-state index in [9.17, 15) is 13.2 Å². The summed E-state index contributed by atoms with van der Waals surface area (Å²) in [6.45, 7) is 12.2. The normalized spacial score (nSPS) is 13.2. The number of carbonyl (C=O) groups excluding carboxylic acids is 1. The van der Waals surface area contributed by atoms with Crippen molar-refractivity contribution in [3.63, 3.8) is 0 Å². The molecule has 0 aliphatic heterocycles. The molecule has 0 heterocycles. The van der Waals surface area contributed by atoms with Gasteiger partial charge in [-0.05, 0) is 65.7 Å². The Hall–Kier alpha value is -1.40. The number of ether oxygens (including phenoxy) is 1. The van der Waals surface area contributed by atoms with Crippen molar-refractivity contribution in [1.82, 2.24) is 4.31 Å². The van der Waals surface area contributed by atoms with E-state index in [1.165, 1.54) is 4.31 Å². The zero-order valence-corrected chi connectivity index (χ0v) is 16.5. The number of nitrogens with zero attached hydrogens (tertiary/aromatic N) is 1. The second-order valence-electron chi connectivity index (χ2n) is 7.77. The Morgan fingerprint density at radius 1 is 1.04 bits per heavy atom. The number of rotatable bonds is 5. The average Bonchev–Trinajstić information content (AvgIpc) is 2.41. The summed E-state index contributed by atoms with van der Waals surface area (Å²) in [5.74, 6) is -0.564. The highest BCUT2D eigenvalue weighted by molar-refractivity contribution is 7.89. The van der Waals surface area contributed by atoms with Crippen molar-refractivity contribution in [2.45, 2.75) is 70.9 Å². The van der Waals surface area contributed by atoms with E-state index in [0.29, 0.717) is 0 Å². The van der Waals surface area contributed by atoms with Crippen LogP contribution in [-0.2, 0) is 26.0 Å². The molecule has 0 aromatic heterocycles. The van der Waals surface area contributed by atoms with E-state index in [4.69, 9.17) is 4.74 Å². The van der Waals surface area contributed by atoms with Crippen LogP contribution in [-0.4, -0.2) is 36.4 Å². The minimum Gasteiger partial charge on any atom is -0.459 e. The maximum atomic E-state index is 13.0. The van der Waals surface area contributed by atoms with Gasteiger partial charge in [0.25, 0.3) is 0 Å². The summed E-state index contributed by atoms with van der Waals surface area (Å²) in [4.78, 5) is 12.3. The minimum absolute atomic E-state index is 0.179. The predicted molar refractivity (Wildman–Crippen MR) is 95.3 cm³/mol. The molecule has 136 valence electrons. The standard InChI is InChI=1S/C18H29NO4S/c1-8-14-9-11-15(12-10-14)24(21,22)19(17(2,3)4)13-16(20)23-18(5,6)7/h9-12H,8,13H2,1-7H3. The summed E-state index contributed by atoms with van der Waals surface area (Å²) in [7, 11) is -3.80. The molecular weight excluding hydrogens is 326 g/mol. The van der Waals surface area contributed by atoms with Gasteiger partial charge in [-0.3, -0.25) is 4.79 Å². The molecule has 1 aromatic carbocycles. The van der Waals surface area contributed by atoms with E-state index in [-0.39, 0.29) is 11.4 Å². The van der Waals surface area contributed by atoms with Crippen LogP contribution < -0.4 is 0 Å². The van der Waals surface area contributed by atoms with Crippen LogP contribution in [0.1, 0.15) is 54.0 Å². The summed E-state index contributed by atoms with van der Waals surface area (Å²) in [6, 6.07) is 6.76. The predicted octanol–water partition coefficient (Wildman–Crippen LogP) is 3.38. The van der Waals surface area contributed by atoms with Gasteiger partial charge in [0.1, 0.15) is 12.1 Å². The van der Waals surface area contributed by atoms with E-state index < -0.39 is 27.1 Å². The Kier molecular flexibility index (Phi) is 6.22. The first-order valence-electron chi connectivity index (χ1n) is 8.11. The Labute approximate surface area is 146 Å². The van der Waals surface area contributed by atoms with Gasteiger partial charge < -0.3 is 4.74 Å². The molecule has 0 unspecified atom stereocenters. The fraction of sp³-hybridized carbons (Fsp3) is 0.611. The van der Waals surface area contributed by atoms with Gasteiger partial charge in [-0.2, -0.15) is 4.31 Å². The Morgan fingerprint density at radius 2 is 1.54 bits per heavy atom. The zero-order chi connectivity index (χ0) is 18.8. The van der Waals surface area contributed by atoms with Crippen molar-refractivity contribution in [2.75, 3.05) is 6.54 Å². The maximum Gasteiger partial charge on any atom is 0.321 e. The van der Waals surface area contributed by atoms with E-state index in [0.717, 1.165) is 12.0 Å². The molecule has 5 nitrogen and oxygen atoms in total. The van der Waals surface area contributed by atoms with Gasteiger partial charge in [0.05, 0.1) is 4.90 Å². The number of sulfonamides is 1. The molecule has 6 heteroatoms. The highest BCUT2D eigenvalue weighted by Gasteiger charge is 2.36. The van der Waals surface area contributed by atoms with Crippen molar-refractivity contribution in [3.8, 4) is 0 Å². The van der Waals surface area contributed by atoms with Gasteiger partial charge in [-0.25, -0.2) is 8.42 Å². The number of hydrogen-bond acceptors (Lipinski definition) is 4. The molecule has 1 aromatic rings. The number of carbonyl (C=O) groups is 1. The van der Waals surface area contributed by atoms with E-state index in [1.54, 1.807) is 65.8 Å². The van der Waals surface area contributed by atoms with Crippen molar-refractivity contribution >= 4 is 16.0 Å². The second kappa shape index (κ2) is 7.23. The van der Waals surface area contributed by atoms with Crippen LogP contribution in [0.3, 0.4) is 0 Å². The number of aryl methyl sites for hydroxylation is 1. The summed E-state index contributed by atoms with van der Waals surface area (Å²) in [6.07, 6.45) is 0.835. The van der Waals surface area contributed by atoms with Crippen LogP contribution in [0.25, 0.3) is 0 Å². The molecule has 0 aliphatic rings. The molecule has 0 radical (unpaired) electrons. The number of hydrogen-bond donors (Lipinski definition) is 0. The lowest BCUT2D eigenvalue weighted by Gasteiger charge is -2.34. The van der Waals surface area contributed by atoms with Gasteiger partial charge >= 0.3 is 5.97 Å². The van der Waals surface area contributed by atoms with Crippen LogP contribution in [0.5, 0.6) is 0 Å². The fourth-order valence-corrected chi connectivity index (χ4v) is 3.93. The molecule has 1 rings (SSSR count). The largest absolute Gasteiger partial charge is 0.459 e. The molecular formula is C18H29NO4S. The SMILES string of the molecule is CCc1ccc(S(=O)(=O)N(CC(=O)OC(C)(C)C)C(C)(C)C)cc1. The Balaban J connectivity index is 3.17. The van der Waals surface area contributed by atoms with Crippen LogP contribution >= 0.6 is 0 Å². The highest BCUT2D eigenvalue weighted by atomic mass is 32.2. The molecule has 0 bridgehead atoms. The zero-order valence-electron chi connectivity index (χ0n) is 15.7. The van der Waals surface area contributed by atoms with Crippen molar-refractivity contribution in [2.24, 2.45) is 0 Å². The molecule has 0 fully saturated rings. The lowest BCUT2D eigenvalue weighted by molar-refractivity contribution is -0.155. The molecule has 0 amide bonds. The van der Waals surface area contributed by atoms with Crippen molar-refractivity contribution < 1.29 is 17.9 Å². The first-order valence-corrected chi connectivity index (χ1v) is 9.55. The lowest BCUT2D eigenvalue weighted by atomic mass is 10.1. The van der Waals surface area contributed by atoms with Crippen LogP contribution in [0, 0.1) is 0 Å². The fourth-order valence-electron chi connectivity index (χ4n) is 2.20. The molecule has 0 aliphatic carbocycles. The maximum absolute atomic E-state index is 13.0. The van der Waals surface area contributed by atoms with Crippen LogP contribution in [0.2, 0.25) is 0 Å². The molecule has 24 heavy (non-hydrogen) atoms. The highest BCUT2D eigenvalue weighted by Crippen LogP contribution is 2.25. The van der Waals surface area contributed by atoms with Gasteiger partial charge in [-0.1, -0.05) is 19.1 Å². The third-order valence-corrected chi connectivity index (χ3v) is 5.49. The smallest absolute Gasteiger partial charge is 0.321 e. The molecule has 0 atom stereocenters. The molecule has 0 spiro atoms. The van der Waals surface area contributed by atoms with Crippen molar-refractivity contribution in [3.05, 3.63) is 29.8 Å². The third-order valence-electron chi connectivity index (χ3n) is 3.36. The van der Waals surface area contributed by atoms with Crippen LogP contribution in [0.4, 0.5) is 0 Å². The molecule has 0 saturated carbocycles. The number of esters is 1. The second-order valence-corrected chi connectivity index (χ2v) is 9.63. The minimum atomic E-state index is -3.80. The van der Waals surface area contributed by atoms with Gasteiger partial charge in [0.2, 0.25) is 10.0 Å². The van der Waals surface area contributed by atoms with Gasteiger partial charge in [0.15, 0.2) is 0 Å². The third kappa shape index (κ3) is 5.60. The summed E-state index contributed by atoms with van der Waals surface area (Å²) >= 11 is 0. The van der Waals surface area contributed by atoms with Gasteiger partial charge in [0, 0.05) is 5.54 Å². The first-order chi connectivity index (χ1) is 10.8. The van der Waals surface area contributed by atoms with Crippen LogP contribution in [0.15, 0.2) is 29.2 Å². The lowest BCUT2D eigenvalue weighted by Crippen LogP contribution is -2.49. The molecule has 0 N–H and O–H groups in total. The van der Waals surface area contributed by atoms with Gasteiger partial charge in [-0.15, -0.1) is 0 Å². The first kappa shape index (κ1) is 20.6. The Bertz CT molecular complexity index is 664.